The Labute approximate surface area is 168 Å². The molecule has 0 heterocycles. The van der Waals surface area contributed by atoms with Gasteiger partial charge in [0.05, 0.1) is 22.0 Å². The molecule has 0 aromatic heterocycles. The summed E-state index contributed by atoms with van der Waals surface area (Å²) in [7, 11) is 2.19. The lowest BCUT2D eigenvalue weighted by atomic mass is 10.0. The molecule has 0 aliphatic heterocycles. The summed E-state index contributed by atoms with van der Waals surface area (Å²) in [6.45, 7) is -1.58. The first-order valence-electron chi connectivity index (χ1n) is 7.45. The van der Waals surface area contributed by atoms with Gasteiger partial charge in [0.1, 0.15) is 13.6 Å². The second-order valence-corrected chi connectivity index (χ2v) is 6.30. The van der Waals surface area contributed by atoms with E-state index in [1.807, 2.05) is 0 Å². The molecule has 0 fully saturated rings. The molecule has 0 aliphatic rings. The van der Waals surface area contributed by atoms with E-state index in [9.17, 15) is 28.9 Å². The van der Waals surface area contributed by atoms with Crippen LogP contribution < -0.4 is 0 Å². The van der Waals surface area contributed by atoms with Crippen LogP contribution in [0, 0.1) is 0 Å². The summed E-state index contributed by atoms with van der Waals surface area (Å²) >= 11 is 6.03. The van der Waals surface area contributed by atoms with Gasteiger partial charge in [-0.2, -0.15) is 8.78 Å². The molecule has 9 nitrogen and oxygen atoms in total. The van der Waals surface area contributed by atoms with Crippen LogP contribution in [0.4, 0.5) is 8.78 Å². The summed E-state index contributed by atoms with van der Waals surface area (Å²) in [6.07, 6.45) is -5.22. The molecule has 0 radical (unpaired) electrons. The molecule has 0 amide bonds. The van der Waals surface area contributed by atoms with Gasteiger partial charge in [0, 0.05) is 14.2 Å². The lowest BCUT2D eigenvalue weighted by Gasteiger charge is -2.38. The Hall–Kier alpha value is -1.09. The zero-order valence-corrected chi connectivity index (χ0v) is 16.3. The highest BCUT2D eigenvalue weighted by molar-refractivity contribution is 7.95. The first kappa shape index (κ1) is 24.9. The van der Waals surface area contributed by atoms with E-state index in [-0.39, 0.29) is 22.0 Å². The lowest BCUT2D eigenvalue weighted by molar-refractivity contribution is -0.386. The summed E-state index contributed by atoms with van der Waals surface area (Å²) in [4.78, 5) is 12.1. The standard InChI is InChI=1S/C15H19ClF2O9S/c1-23-7-25-12(20)11(19)15(22,26-8-24-2)14(17,18)13(21)27-28-10-6-4-3-5-9(10)16/h3-6,11-12,19-20,22H,7-8H2,1-2H3/t11-,12?,15+/m1/s1. The first-order valence-corrected chi connectivity index (χ1v) is 8.57. The molecule has 3 atom stereocenters. The number of alkyl halides is 2. The van der Waals surface area contributed by atoms with Crippen molar-refractivity contribution >= 4 is 29.6 Å². The van der Waals surface area contributed by atoms with E-state index < -0.39 is 43.7 Å². The maximum atomic E-state index is 14.6. The number of methoxy groups -OCH3 is 2. The minimum absolute atomic E-state index is 0.123. The van der Waals surface area contributed by atoms with E-state index in [0.29, 0.717) is 0 Å². The molecule has 1 aromatic carbocycles. The molecule has 28 heavy (non-hydrogen) atoms. The van der Waals surface area contributed by atoms with Crippen molar-refractivity contribution in [3.63, 3.8) is 0 Å². The second-order valence-electron chi connectivity index (χ2n) is 5.11. The Morgan fingerprint density at radius 3 is 2.39 bits per heavy atom. The number of aliphatic hydroxyl groups is 3. The van der Waals surface area contributed by atoms with Gasteiger partial charge in [-0.05, 0) is 12.1 Å². The number of carbonyl (C=O) groups excluding carboxylic acids is 1. The van der Waals surface area contributed by atoms with Gasteiger partial charge in [0.2, 0.25) is 0 Å². The number of benzene rings is 1. The quantitative estimate of drug-likeness (QED) is 0.316. The number of hydrogen-bond donors (Lipinski definition) is 3. The fourth-order valence-corrected chi connectivity index (χ4v) is 2.51. The number of aliphatic hydroxyl groups excluding tert-OH is 2. The molecule has 0 saturated carbocycles. The lowest BCUT2D eigenvalue weighted by Crippen LogP contribution is -2.65. The normalized spacial score (nSPS) is 16.3. The predicted molar refractivity (Wildman–Crippen MR) is 91.2 cm³/mol. The number of hydrogen-bond acceptors (Lipinski definition) is 10. The Morgan fingerprint density at radius 2 is 1.82 bits per heavy atom. The van der Waals surface area contributed by atoms with Crippen molar-refractivity contribution in [3.05, 3.63) is 29.3 Å². The van der Waals surface area contributed by atoms with Gasteiger partial charge >= 0.3 is 11.9 Å². The molecular formula is C15H19ClF2O9S. The third-order valence-corrected chi connectivity index (χ3v) is 4.39. The minimum atomic E-state index is -4.86. The van der Waals surface area contributed by atoms with Crippen LogP contribution in [0.5, 0.6) is 0 Å². The maximum Gasteiger partial charge on any atom is 0.398 e. The van der Waals surface area contributed by atoms with Crippen molar-refractivity contribution < 1.29 is 52.0 Å². The van der Waals surface area contributed by atoms with Gasteiger partial charge in [-0.15, -0.1) is 0 Å². The monoisotopic (exact) mass is 448 g/mol. The van der Waals surface area contributed by atoms with Crippen LogP contribution in [0.2, 0.25) is 5.02 Å². The van der Waals surface area contributed by atoms with E-state index in [4.69, 9.17) is 11.6 Å². The van der Waals surface area contributed by atoms with Gasteiger partial charge in [-0.25, -0.2) is 4.79 Å². The van der Waals surface area contributed by atoms with Gasteiger partial charge in [0.15, 0.2) is 12.4 Å². The van der Waals surface area contributed by atoms with Gasteiger partial charge in [0.25, 0.3) is 5.79 Å². The van der Waals surface area contributed by atoms with Crippen LogP contribution in [0.3, 0.4) is 0 Å². The van der Waals surface area contributed by atoms with Crippen molar-refractivity contribution in [1.29, 1.82) is 0 Å². The van der Waals surface area contributed by atoms with Crippen molar-refractivity contribution in [2.45, 2.75) is 29.0 Å². The minimum Gasteiger partial charge on any atom is -0.382 e. The molecule has 0 aliphatic carbocycles. The second kappa shape index (κ2) is 11.2. The van der Waals surface area contributed by atoms with Gasteiger partial charge < -0.3 is 38.5 Å². The maximum absolute atomic E-state index is 14.6. The van der Waals surface area contributed by atoms with Crippen molar-refractivity contribution in [3.8, 4) is 0 Å². The van der Waals surface area contributed by atoms with E-state index >= 15 is 0 Å². The largest absolute Gasteiger partial charge is 0.398 e. The number of carbonyl (C=O) groups is 1. The van der Waals surface area contributed by atoms with Crippen LogP contribution in [0.15, 0.2) is 29.2 Å². The van der Waals surface area contributed by atoms with Gasteiger partial charge in [-0.1, -0.05) is 23.7 Å². The number of halogens is 3. The predicted octanol–water partition coefficient (Wildman–Crippen LogP) is 1.13. The summed E-state index contributed by atoms with van der Waals surface area (Å²) in [5.74, 6) is -11.1. The van der Waals surface area contributed by atoms with Crippen LogP contribution in [-0.4, -0.2) is 73.2 Å². The third kappa shape index (κ3) is 5.95. The Morgan fingerprint density at radius 1 is 1.21 bits per heavy atom. The summed E-state index contributed by atoms with van der Waals surface area (Å²) in [5, 5.41) is 29.9. The van der Waals surface area contributed by atoms with E-state index in [1.54, 1.807) is 6.07 Å². The fourth-order valence-electron chi connectivity index (χ4n) is 1.73. The highest BCUT2D eigenvalue weighted by atomic mass is 35.5. The highest BCUT2D eigenvalue weighted by Gasteiger charge is 2.67. The zero-order chi connectivity index (χ0) is 21.4. The summed E-state index contributed by atoms with van der Waals surface area (Å²) in [5.41, 5.74) is 0. The smallest absolute Gasteiger partial charge is 0.382 e. The van der Waals surface area contributed by atoms with E-state index in [2.05, 4.69) is 23.1 Å². The average molecular weight is 449 g/mol. The zero-order valence-electron chi connectivity index (χ0n) is 14.7. The molecule has 1 aromatic rings. The molecule has 0 spiro atoms. The Kier molecular flexibility index (Phi) is 9.97. The van der Waals surface area contributed by atoms with Crippen LogP contribution >= 0.6 is 23.6 Å². The first-order chi connectivity index (χ1) is 13.1. The SMILES string of the molecule is COCOC(O)[C@@H](O)[C@](O)(OCOC)C(F)(F)C(=O)OSc1ccccc1Cl. The number of ether oxygens (including phenoxy) is 4. The van der Waals surface area contributed by atoms with E-state index in [1.165, 1.54) is 18.2 Å². The molecular weight excluding hydrogens is 430 g/mol. The number of rotatable bonds is 12. The highest BCUT2D eigenvalue weighted by Crippen LogP contribution is 2.38. The van der Waals surface area contributed by atoms with Gasteiger partial charge in [-0.3, -0.25) is 0 Å². The molecule has 0 bridgehead atoms. The average Bonchev–Trinajstić information content (AvgIpc) is 2.68. The molecule has 0 saturated heterocycles. The van der Waals surface area contributed by atoms with Crippen molar-refractivity contribution in [1.82, 2.24) is 0 Å². The molecule has 160 valence electrons. The molecule has 13 heteroatoms. The van der Waals surface area contributed by atoms with Crippen molar-refractivity contribution in [2.24, 2.45) is 0 Å². The summed E-state index contributed by atoms with van der Waals surface area (Å²) in [6, 6.07) is 5.91. The fraction of sp³-hybridized carbons (Fsp3) is 0.533. The third-order valence-electron chi connectivity index (χ3n) is 3.17. The molecule has 1 unspecified atom stereocenters. The van der Waals surface area contributed by atoms with Crippen molar-refractivity contribution in [2.75, 3.05) is 27.8 Å². The summed E-state index contributed by atoms with van der Waals surface area (Å²) < 4.78 is 51.4. The van der Waals surface area contributed by atoms with Crippen LogP contribution in [-0.2, 0) is 27.9 Å². The van der Waals surface area contributed by atoms with Crippen LogP contribution in [0.1, 0.15) is 0 Å². The Balaban J connectivity index is 3.01. The Bertz CT molecular complexity index is 639. The molecule has 1 rings (SSSR count). The molecule has 3 N–H and O–H groups in total. The van der Waals surface area contributed by atoms with Crippen LogP contribution in [0.25, 0.3) is 0 Å². The van der Waals surface area contributed by atoms with E-state index in [0.717, 1.165) is 14.2 Å². The topological polar surface area (TPSA) is 124 Å².